The van der Waals surface area contributed by atoms with Crippen molar-refractivity contribution < 1.29 is 28.6 Å². The van der Waals surface area contributed by atoms with Crippen molar-refractivity contribution >= 4 is 23.1 Å². The van der Waals surface area contributed by atoms with Gasteiger partial charge in [0.05, 0.1) is 25.8 Å². The van der Waals surface area contributed by atoms with Crippen molar-refractivity contribution in [3.05, 3.63) is 94.8 Å². The Labute approximate surface area is 190 Å². The standard InChI is InChI=1S/C26H22FNO5/c1-15-13-20(33-3)11-12-21(15)24(29)22-23(16-7-9-17(27)10-8-16)28(26(31)25(22)30)18-5-4-6-19(14-18)32-2/h4-14,23,29H,1-3H3/b24-22-. The molecule has 4 rings (SSSR count). The fraction of sp³-hybridized carbons (Fsp3) is 0.154. The number of halogens is 1. The van der Waals surface area contributed by atoms with Gasteiger partial charge in [0, 0.05) is 17.3 Å². The highest BCUT2D eigenvalue weighted by molar-refractivity contribution is 6.51. The quantitative estimate of drug-likeness (QED) is 0.346. The number of methoxy groups -OCH3 is 2. The first-order valence-corrected chi connectivity index (χ1v) is 10.2. The summed E-state index contributed by atoms with van der Waals surface area (Å²) in [6.45, 7) is 1.77. The molecule has 1 heterocycles. The Bertz CT molecular complexity index is 1270. The molecule has 1 N–H and O–H groups in total. The molecular formula is C26H22FNO5. The van der Waals surface area contributed by atoms with Crippen LogP contribution in [0.2, 0.25) is 0 Å². The molecule has 0 aliphatic carbocycles. The first kappa shape index (κ1) is 22.1. The second-order valence-electron chi connectivity index (χ2n) is 7.60. The number of hydrogen-bond donors (Lipinski definition) is 1. The van der Waals surface area contributed by atoms with Crippen LogP contribution in [0, 0.1) is 12.7 Å². The molecule has 1 fully saturated rings. The minimum atomic E-state index is -0.959. The van der Waals surface area contributed by atoms with Gasteiger partial charge in [-0.3, -0.25) is 14.5 Å². The van der Waals surface area contributed by atoms with Gasteiger partial charge in [-0.05, 0) is 60.5 Å². The molecule has 1 unspecified atom stereocenters. The summed E-state index contributed by atoms with van der Waals surface area (Å²) in [6, 6.07) is 16.2. The number of ether oxygens (including phenoxy) is 2. The molecule has 0 aromatic heterocycles. The summed E-state index contributed by atoms with van der Waals surface area (Å²) in [5.74, 6) is -1.31. The third kappa shape index (κ3) is 3.93. The highest BCUT2D eigenvalue weighted by Crippen LogP contribution is 2.43. The van der Waals surface area contributed by atoms with Crippen LogP contribution < -0.4 is 14.4 Å². The summed E-state index contributed by atoms with van der Waals surface area (Å²) in [5, 5.41) is 11.2. The number of anilines is 1. The minimum Gasteiger partial charge on any atom is -0.507 e. The van der Waals surface area contributed by atoms with Crippen LogP contribution in [0.15, 0.2) is 72.3 Å². The van der Waals surface area contributed by atoms with Crippen molar-refractivity contribution in [3.63, 3.8) is 0 Å². The Kier molecular flexibility index (Phi) is 5.87. The summed E-state index contributed by atoms with van der Waals surface area (Å²) >= 11 is 0. The van der Waals surface area contributed by atoms with Crippen molar-refractivity contribution in [2.45, 2.75) is 13.0 Å². The lowest BCUT2D eigenvalue weighted by Gasteiger charge is -2.26. The molecule has 0 radical (unpaired) electrons. The van der Waals surface area contributed by atoms with E-state index in [1.807, 2.05) is 0 Å². The van der Waals surface area contributed by atoms with Crippen molar-refractivity contribution in [1.82, 2.24) is 0 Å². The zero-order chi connectivity index (χ0) is 23.7. The van der Waals surface area contributed by atoms with Crippen LogP contribution in [0.25, 0.3) is 5.76 Å². The minimum absolute atomic E-state index is 0.0808. The number of ketones is 1. The number of amides is 1. The van der Waals surface area contributed by atoms with Gasteiger partial charge in [0.1, 0.15) is 23.1 Å². The maximum absolute atomic E-state index is 13.7. The highest BCUT2D eigenvalue weighted by Gasteiger charge is 2.47. The molecule has 168 valence electrons. The number of rotatable bonds is 5. The molecule has 1 saturated heterocycles. The van der Waals surface area contributed by atoms with E-state index in [0.717, 1.165) is 0 Å². The molecule has 0 saturated carbocycles. The Hall–Kier alpha value is -4.13. The van der Waals surface area contributed by atoms with E-state index >= 15 is 0 Å². The van der Waals surface area contributed by atoms with Crippen LogP contribution in [0.4, 0.5) is 10.1 Å². The first-order valence-electron chi connectivity index (χ1n) is 10.2. The van der Waals surface area contributed by atoms with Gasteiger partial charge in [-0.15, -0.1) is 0 Å². The number of aliphatic hydroxyl groups excluding tert-OH is 1. The van der Waals surface area contributed by atoms with E-state index in [9.17, 15) is 19.1 Å². The molecule has 1 aliphatic heterocycles. The smallest absolute Gasteiger partial charge is 0.300 e. The molecule has 3 aromatic rings. The highest BCUT2D eigenvalue weighted by atomic mass is 19.1. The maximum Gasteiger partial charge on any atom is 0.300 e. The van der Waals surface area contributed by atoms with E-state index in [1.54, 1.807) is 49.4 Å². The first-order chi connectivity index (χ1) is 15.8. The van der Waals surface area contributed by atoms with Crippen molar-refractivity contribution in [3.8, 4) is 11.5 Å². The number of aryl methyl sites for hydroxylation is 1. The molecule has 6 nitrogen and oxygen atoms in total. The van der Waals surface area contributed by atoms with Crippen LogP contribution >= 0.6 is 0 Å². The van der Waals surface area contributed by atoms with Gasteiger partial charge in [-0.25, -0.2) is 4.39 Å². The largest absolute Gasteiger partial charge is 0.507 e. The fourth-order valence-corrected chi connectivity index (χ4v) is 3.99. The summed E-state index contributed by atoms with van der Waals surface area (Å²) in [4.78, 5) is 27.7. The summed E-state index contributed by atoms with van der Waals surface area (Å²) < 4.78 is 24.1. The van der Waals surface area contributed by atoms with Gasteiger partial charge in [-0.2, -0.15) is 0 Å². The molecule has 0 spiro atoms. The Morgan fingerprint density at radius 2 is 1.61 bits per heavy atom. The van der Waals surface area contributed by atoms with E-state index in [2.05, 4.69) is 0 Å². The number of benzene rings is 3. The third-order valence-electron chi connectivity index (χ3n) is 5.65. The average Bonchev–Trinajstić information content (AvgIpc) is 3.09. The average molecular weight is 447 g/mol. The van der Waals surface area contributed by atoms with Crippen molar-refractivity contribution in [1.29, 1.82) is 0 Å². The zero-order valence-corrected chi connectivity index (χ0v) is 18.3. The van der Waals surface area contributed by atoms with Crippen molar-refractivity contribution in [2.75, 3.05) is 19.1 Å². The zero-order valence-electron chi connectivity index (χ0n) is 18.3. The molecule has 7 heteroatoms. The molecule has 0 bridgehead atoms. The lowest BCUT2D eigenvalue weighted by Crippen LogP contribution is -2.29. The van der Waals surface area contributed by atoms with Gasteiger partial charge in [0.2, 0.25) is 0 Å². The number of Topliss-reactive ketones (excluding diaryl/α,β-unsaturated/α-hetero) is 1. The van der Waals surface area contributed by atoms with Crippen LogP contribution in [0.5, 0.6) is 11.5 Å². The molecule has 1 aliphatic rings. The monoisotopic (exact) mass is 447 g/mol. The number of nitrogens with zero attached hydrogens (tertiary/aromatic N) is 1. The number of carbonyl (C=O) groups is 2. The number of aliphatic hydroxyl groups is 1. The second-order valence-corrected chi connectivity index (χ2v) is 7.60. The molecule has 33 heavy (non-hydrogen) atoms. The van der Waals surface area contributed by atoms with Crippen LogP contribution in [0.1, 0.15) is 22.7 Å². The molecule has 1 atom stereocenters. The summed E-state index contributed by atoms with van der Waals surface area (Å²) in [5.41, 5.74) is 1.87. The Balaban J connectivity index is 1.95. The number of carbonyl (C=O) groups excluding carboxylic acids is 2. The van der Waals surface area contributed by atoms with Crippen molar-refractivity contribution in [2.24, 2.45) is 0 Å². The maximum atomic E-state index is 13.7. The Morgan fingerprint density at radius 1 is 0.939 bits per heavy atom. The fourth-order valence-electron chi connectivity index (χ4n) is 3.99. The lowest BCUT2D eigenvalue weighted by molar-refractivity contribution is -0.132. The topological polar surface area (TPSA) is 76.1 Å². The van der Waals surface area contributed by atoms with Gasteiger partial charge >= 0.3 is 0 Å². The molecular weight excluding hydrogens is 425 g/mol. The van der Waals surface area contributed by atoms with Crippen LogP contribution in [-0.2, 0) is 9.59 Å². The van der Waals surface area contributed by atoms with Gasteiger partial charge in [0.15, 0.2) is 0 Å². The normalized spacial score (nSPS) is 17.3. The predicted molar refractivity (Wildman–Crippen MR) is 122 cm³/mol. The SMILES string of the molecule is COc1cccc(N2C(=O)C(=O)/C(=C(\O)c3ccc(OC)cc3C)C2c2ccc(F)cc2)c1. The van der Waals surface area contributed by atoms with Crippen LogP contribution in [0.3, 0.4) is 0 Å². The summed E-state index contributed by atoms with van der Waals surface area (Å²) in [7, 11) is 3.03. The van der Waals surface area contributed by atoms with Crippen LogP contribution in [-0.4, -0.2) is 31.0 Å². The van der Waals surface area contributed by atoms with E-state index < -0.39 is 23.5 Å². The van der Waals surface area contributed by atoms with E-state index in [4.69, 9.17) is 9.47 Å². The number of hydrogen-bond acceptors (Lipinski definition) is 5. The molecule has 3 aromatic carbocycles. The van der Waals surface area contributed by atoms with Gasteiger partial charge in [-0.1, -0.05) is 18.2 Å². The van der Waals surface area contributed by atoms with E-state index in [0.29, 0.717) is 33.9 Å². The summed E-state index contributed by atoms with van der Waals surface area (Å²) in [6.07, 6.45) is 0. The Morgan fingerprint density at radius 3 is 2.24 bits per heavy atom. The van der Waals surface area contributed by atoms with Gasteiger partial charge in [0.25, 0.3) is 11.7 Å². The predicted octanol–water partition coefficient (Wildman–Crippen LogP) is 4.78. The second kappa shape index (κ2) is 8.78. The van der Waals surface area contributed by atoms with Gasteiger partial charge < -0.3 is 14.6 Å². The molecule has 1 amide bonds. The lowest BCUT2D eigenvalue weighted by atomic mass is 9.93. The third-order valence-corrected chi connectivity index (χ3v) is 5.65. The van der Waals surface area contributed by atoms with E-state index in [1.165, 1.54) is 43.4 Å². The van der Waals surface area contributed by atoms with E-state index in [-0.39, 0.29) is 11.3 Å².